The largest absolute Gasteiger partial charge is 0.460 e. The van der Waals surface area contributed by atoms with Crippen molar-refractivity contribution < 1.29 is 19.7 Å². The lowest BCUT2D eigenvalue weighted by atomic mass is 9.35. The zero-order valence-electron chi connectivity index (χ0n) is 22.2. The Labute approximate surface area is 208 Å². The first-order valence-electron chi connectivity index (χ1n) is 13.4. The van der Waals surface area contributed by atoms with E-state index in [2.05, 4.69) is 48.3 Å². The minimum atomic E-state index is -1.33. The van der Waals surface area contributed by atoms with Gasteiger partial charge in [-0.2, -0.15) is 0 Å². The summed E-state index contributed by atoms with van der Waals surface area (Å²) in [5.41, 5.74) is 2.12. The molecule has 0 aromatic rings. The molecule has 4 nitrogen and oxygen atoms in total. The van der Waals surface area contributed by atoms with Gasteiger partial charge in [0, 0.05) is 11.9 Å². The fourth-order valence-corrected chi connectivity index (χ4v) is 7.86. The smallest absolute Gasteiger partial charge is 0.338 e. The molecule has 3 saturated carbocycles. The monoisotopic (exact) mass is 464 g/mol. The van der Waals surface area contributed by atoms with Crippen molar-refractivity contribution in [3.63, 3.8) is 0 Å². The Kier molecular flexibility index (Phi) is 6.64. The first-order chi connectivity index (χ1) is 15.7. The molecule has 0 radical (unpaired) electrons. The van der Waals surface area contributed by atoms with Crippen molar-refractivity contribution >= 4 is 29.5 Å². The number of allylic oxidation sites excluding steroid dienone is 4. The third-order valence-corrected chi connectivity index (χ3v) is 10.5. The fraction of sp³-hybridized carbons (Fsp3) is 0.741. The summed E-state index contributed by atoms with van der Waals surface area (Å²) in [6.07, 6.45) is 13.4. The van der Waals surface area contributed by atoms with E-state index in [4.69, 9.17) is 4.74 Å². The van der Waals surface area contributed by atoms with E-state index in [-0.39, 0.29) is 16.7 Å². The van der Waals surface area contributed by atoms with Crippen LogP contribution in [0.4, 0.5) is 0 Å². The second kappa shape index (κ2) is 8.73. The summed E-state index contributed by atoms with van der Waals surface area (Å²) in [7, 11) is 6.25. The van der Waals surface area contributed by atoms with Crippen LogP contribution in [-0.4, -0.2) is 56.9 Å². The highest BCUT2D eigenvalue weighted by molar-refractivity contribution is 6.47. The van der Waals surface area contributed by atoms with Gasteiger partial charge < -0.3 is 14.9 Å². The average Bonchev–Trinajstić information content (AvgIpc) is 3.20. The minimum absolute atomic E-state index is 0.171. The van der Waals surface area contributed by atoms with E-state index in [0.717, 1.165) is 31.3 Å². The Balaban J connectivity index is 1.52. The number of rotatable bonds is 4. The van der Waals surface area contributed by atoms with Crippen molar-refractivity contribution in [2.75, 3.05) is 0 Å². The standard InChI is InChI=1S/C27H43B3O4/c1-16-11-13-26(28,33)27(29,30)21(16)8-7-18-6-5-12-24(3)20(9-10-22(18)24)17(2)14-19-15-25(4,32)23(31)34-19/h7-8,17,19-20,22,32-33H,1,5-6,9-15,28-30H2,2-4H3/b18-7+,21-8+/t17-,19?,20-,22+,24-,25-,26+/m1/s1. The number of aliphatic hydroxyl groups is 2. The van der Waals surface area contributed by atoms with Crippen LogP contribution < -0.4 is 0 Å². The minimum Gasteiger partial charge on any atom is -0.460 e. The number of hydrogen-bond donors (Lipinski definition) is 2. The van der Waals surface area contributed by atoms with Crippen molar-refractivity contribution in [2.24, 2.45) is 23.2 Å². The summed E-state index contributed by atoms with van der Waals surface area (Å²) in [5.74, 6) is 1.16. The van der Waals surface area contributed by atoms with E-state index in [1.165, 1.54) is 31.3 Å². The zero-order chi connectivity index (χ0) is 25.1. The van der Waals surface area contributed by atoms with E-state index >= 15 is 0 Å². The van der Waals surface area contributed by atoms with Crippen molar-refractivity contribution in [3.05, 3.63) is 35.5 Å². The Hall–Kier alpha value is -1.20. The molecule has 2 N–H and O–H groups in total. The van der Waals surface area contributed by atoms with Crippen LogP contribution in [0.2, 0.25) is 5.21 Å². The first kappa shape index (κ1) is 25.9. The Morgan fingerprint density at radius 3 is 2.50 bits per heavy atom. The Morgan fingerprint density at radius 2 is 1.85 bits per heavy atom. The molecule has 0 aromatic heterocycles. The molecule has 4 fully saturated rings. The second-order valence-corrected chi connectivity index (χ2v) is 13.1. The SMILES string of the molecule is BC1(B)/C(=C/C=C2\CCC[C@]3(C)[C@@H]([C@H](C)CC4C[C@@](C)(O)C(=O)O4)CC[C@@H]23)C(=C)CC[C@]1(B)O. The number of carbonyl (C=O) groups is 1. The molecule has 0 spiro atoms. The predicted octanol–water partition coefficient (Wildman–Crippen LogP) is 2.20. The van der Waals surface area contributed by atoms with Gasteiger partial charge in [-0.1, -0.05) is 49.3 Å². The lowest BCUT2D eigenvalue weighted by molar-refractivity contribution is -0.154. The number of carbonyl (C=O) groups excluding carboxylic acids is 1. The summed E-state index contributed by atoms with van der Waals surface area (Å²) in [5, 5.41) is 20.9. The van der Waals surface area contributed by atoms with Gasteiger partial charge in [-0.05, 0) is 86.7 Å². The van der Waals surface area contributed by atoms with Crippen LogP contribution in [0.25, 0.3) is 0 Å². The van der Waals surface area contributed by atoms with Gasteiger partial charge in [0.25, 0.3) is 0 Å². The molecule has 1 saturated heterocycles. The molecule has 1 aliphatic heterocycles. The van der Waals surface area contributed by atoms with Crippen LogP contribution in [0.1, 0.15) is 78.6 Å². The Morgan fingerprint density at radius 1 is 1.15 bits per heavy atom. The predicted molar refractivity (Wildman–Crippen MR) is 145 cm³/mol. The molecule has 0 amide bonds. The molecule has 4 aliphatic rings. The van der Waals surface area contributed by atoms with Gasteiger partial charge in [-0.3, -0.25) is 0 Å². The molecule has 0 aromatic carbocycles. The molecule has 1 heterocycles. The molecule has 184 valence electrons. The summed E-state index contributed by atoms with van der Waals surface area (Å²) in [6.45, 7) is 10.7. The highest BCUT2D eigenvalue weighted by Gasteiger charge is 2.52. The van der Waals surface area contributed by atoms with E-state index in [1.54, 1.807) is 12.5 Å². The molecule has 0 bridgehead atoms. The molecular weight excluding hydrogens is 421 g/mol. The lowest BCUT2D eigenvalue weighted by Gasteiger charge is -2.48. The number of hydrogen-bond acceptors (Lipinski definition) is 4. The maximum atomic E-state index is 11.9. The fourth-order valence-electron chi connectivity index (χ4n) is 7.86. The first-order valence-corrected chi connectivity index (χ1v) is 13.4. The molecule has 4 rings (SSSR count). The quantitative estimate of drug-likeness (QED) is 0.495. The summed E-state index contributed by atoms with van der Waals surface area (Å²) >= 11 is 0. The summed E-state index contributed by atoms with van der Waals surface area (Å²) in [4.78, 5) is 11.9. The van der Waals surface area contributed by atoms with Crippen LogP contribution in [0.3, 0.4) is 0 Å². The highest BCUT2D eigenvalue weighted by Crippen LogP contribution is 2.60. The zero-order valence-corrected chi connectivity index (χ0v) is 22.2. The van der Waals surface area contributed by atoms with Crippen LogP contribution in [0.5, 0.6) is 0 Å². The van der Waals surface area contributed by atoms with Crippen LogP contribution in [-0.2, 0) is 9.53 Å². The van der Waals surface area contributed by atoms with Crippen molar-refractivity contribution in [2.45, 2.75) is 101 Å². The van der Waals surface area contributed by atoms with Crippen LogP contribution in [0, 0.1) is 23.2 Å². The summed E-state index contributed by atoms with van der Waals surface area (Å²) < 4.78 is 5.51. The van der Waals surface area contributed by atoms with E-state index in [1.807, 2.05) is 7.85 Å². The number of cyclic esters (lactones) is 1. The Bertz CT molecular complexity index is 919. The van der Waals surface area contributed by atoms with Crippen molar-refractivity contribution in [1.29, 1.82) is 0 Å². The molecule has 1 unspecified atom stereocenters. The van der Waals surface area contributed by atoms with Crippen molar-refractivity contribution in [3.8, 4) is 0 Å². The maximum absolute atomic E-state index is 11.9. The second-order valence-electron chi connectivity index (χ2n) is 13.1. The van der Waals surface area contributed by atoms with E-state index in [0.29, 0.717) is 24.2 Å². The van der Waals surface area contributed by atoms with Gasteiger partial charge in [0.05, 0.1) is 0 Å². The molecule has 34 heavy (non-hydrogen) atoms. The van der Waals surface area contributed by atoms with Gasteiger partial charge in [-0.15, -0.1) is 0 Å². The van der Waals surface area contributed by atoms with Gasteiger partial charge >= 0.3 is 5.97 Å². The van der Waals surface area contributed by atoms with E-state index in [9.17, 15) is 15.0 Å². The van der Waals surface area contributed by atoms with Gasteiger partial charge in [-0.25, -0.2) is 4.79 Å². The van der Waals surface area contributed by atoms with E-state index < -0.39 is 17.1 Å². The van der Waals surface area contributed by atoms with Gasteiger partial charge in [0.15, 0.2) is 5.60 Å². The third-order valence-electron chi connectivity index (χ3n) is 10.5. The number of fused-ring (bicyclic) bond motifs is 1. The maximum Gasteiger partial charge on any atom is 0.338 e. The highest BCUT2D eigenvalue weighted by atomic mass is 16.6. The number of esters is 1. The molecule has 3 aliphatic carbocycles. The third kappa shape index (κ3) is 4.30. The van der Waals surface area contributed by atoms with Crippen LogP contribution >= 0.6 is 0 Å². The molecule has 7 heteroatoms. The average molecular weight is 464 g/mol. The van der Waals surface area contributed by atoms with Gasteiger partial charge in [0.1, 0.15) is 29.6 Å². The normalized spacial score (nSPS) is 45.4. The number of ether oxygens (including phenoxy) is 1. The van der Waals surface area contributed by atoms with Crippen LogP contribution in [0.15, 0.2) is 35.5 Å². The molecule has 7 atom stereocenters. The lowest BCUT2D eigenvalue weighted by Crippen LogP contribution is -2.48. The van der Waals surface area contributed by atoms with Crippen molar-refractivity contribution in [1.82, 2.24) is 0 Å². The topological polar surface area (TPSA) is 66.8 Å². The van der Waals surface area contributed by atoms with Gasteiger partial charge in [0.2, 0.25) is 0 Å². The molecular formula is C27H43B3O4. The summed E-state index contributed by atoms with van der Waals surface area (Å²) in [6, 6.07) is 0.